The molecule has 5 nitrogen and oxygen atoms in total. The maximum Gasteiger partial charge on any atom is 0.134 e. The van der Waals surface area contributed by atoms with Crippen molar-refractivity contribution in [1.29, 1.82) is 0 Å². The van der Waals surface area contributed by atoms with Gasteiger partial charge in [-0.15, -0.1) is 0 Å². The minimum atomic E-state index is -0.250. The lowest BCUT2D eigenvalue weighted by molar-refractivity contribution is 0.0904. The van der Waals surface area contributed by atoms with E-state index >= 15 is 0 Å². The molecule has 1 N–H and O–H groups in total. The molecule has 0 radical (unpaired) electrons. The number of nitrogens with one attached hydrogen (secondary N) is 1. The Bertz CT molecular complexity index is 778. The van der Waals surface area contributed by atoms with Crippen molar-refractivity contribution in [3.8, 4) is 5.75 Å². The second kappa shape index (κ2) is 9.01. The standard InChI is InChI=1S/C21H26FN3O2S/c22-15-1-3-19(4-2-15)27-20-13-25(14-20)21-12-18(11-17(24-21)7-10-28)23-16-5-8-26-9-6-16/h1-4,11-12,16,20,28H,5-10,13-14H2,(H,23,24)/p+1. The Labute approximate surface area is 170 Å². The topological polar surface area (TPSA) is 46.6 Å². The fourth-order valence-corrected chi connectivity index (χ4v) is 3.81. The molecule has 7 heteroatoms. The third-order valence-electron chi connectivity index (χ3n) is 5.13. The van der Waals surface area contributed by atoms with Gasteiger partial charge in [-0.05, 0) is 55.8 Å². The molecule has 1 aromatic heterocycles. The van der Waals surface area contributed by atoms with Crippen LogP contribution in [0.15, 0.2) is 36.4 Å². The molecule has 2 aliphatic rings. The molecule has 150 valence electrons. The molecular formula is C21H27FN3O2S+. The highest BCUT2D eigenvalue weighted by molar-refractivity contribution is 7.58. The van der Waals surface area contributed by atoms with Crippen molar-refractivity contribution in [1.82, 2.24) is 4.98 Å². The Kier molecular flexibility index (Phi) is 6.22. The summed E-state index contributed by atoms with van der Waals surface area (Å²) < 4.78 is 24.4. The van der Waals surface area contributed by atoms with Gasteiger partial charge in [-0.1, -0.05) is 0 Å². The van der Waals surface area contributed by atoms with Crippen LogP contribution < -0.4 is 15.0 Å². The van der Waals surface area contributed by atoms with Crippen LogP contribution in [-0.4, -0.2) is 49.2 Å². The van der Waals surface area contributed by atoms with Crippen LogP contribution in [0.3, 0.4) is 0 Å². The normalized spacial score (nSPS) is 18.0. The third kappa shape index (κ3) is 4.89. The summed E-state index contributed by atoms with van der Waals surface area (Å²) in [4.78, 5) is 7.04. The van der Waals surface area contributed by atoms with Crippen LogP contribution in [0.1, 0.15) is 18.5 Å². The Morgan fingerprint density at radius 1 is 1.18 bits per heavy atom. The second-order valence-corrected chi connectivity index (χ2v) is 7.84. The Balaban J connectivity index is 1.39. The number of hydrogen-bond donors (Lipinski definition) is 1. The summed E-state index contributed by atoms with van der Waals surface area (Å²) >= 11 is 3.57. The van der Waals surface area contributed by atoms with Crippen LogP contribution in [0.4, 0.5) is 15.9 Å². The molecule has 2 fully saturated rings. The smallest absolute Gasteiger partial charge is 0.134 e. The van der Waals surface area contributed by atoms with E-state index in [4.69, 9.17) is 14.5 Å². The average Bonchev–Trinajstić information content (AvgIpc) is 2.67. The van der Waals surface area contributed by atoms with Crippen LogP contribution in [0, 0.1) is 5.82 Å². The highest BCUT2D eigenvalue weighted by atomic mass is 32.1. The molecule has 2 aromatic rings. The molecule has 0 unspecified atom stereocenters. The zero-order chi connectivity index (χ0) is 19.3. The number of anilines is 2. The molecule has 0 spiro atoms. The number of rotatable bonds is 7. The highest BCUT2D eigenvalue weighted by Crippen LogP contribution is 2.27. The molecule has 3 heterocycles. The van der Waals surface area contributed by atoms with Crippen LogP contribution in [0.25, 0.3) is 0 Å². The number of hydrogen-bond acceptors (Lipinski definition) is 5. The molecule has 28 heavy (non-hydrogen) atoms. The fourth-order valence-electron chi connectivity index (χ4n) is 3.56. The van der Waals surface area contributed by atoms with Crippen LogP contribution in [-0.2, 0) is 23.8 Å². The maximum atomic E-state index is 13.0. The summed E-state index contributed by atoms with van der Waals surface area (Å²) in [6, 6.07) is 10.9. The van der Waals surface area contributed by atoms with Crippen molar-refractivity contribution < 1.29 is 13.9 Å². The lowest BCUT2D eigenvalue weighted by Crippen LogP contribution is -2.54. The summed E-state index contributed by atoms with van der Waals surface area (Å²) in [6.07, 6.45) is 3.04. The van der Waals surface area contributed by atoms with Gasteiger partial charge in [-0.3, -0.25) is 0 Å². The van der Waals surface area contributed by atoms with Gasteiger partial charge in [0, 0.05) is 43.1 Å². The number of aryl methyl sites for hydroxylation is 1. The molecule has 0 amide bonds. The van der Waals surface area contributed by atoms with E-state index in [2.05, 4.69) is 35.0 Å². The van der Waals surface area contributed by atoms with Crippen LogP contribution >= 0.6 is 0 Å². The molecule has 0 aliphatic carbocycles. The minimum absolute atomic E-state index is 0.0959. The van der Waals surface area contributed by atoms with E-state index in [1.165, 1.54) is 12.1 Å². The minimum Gasteiger partial charge on any atom is -0.487 e. The predicted molar refractivity (Wildman–Crippen MR) is 113 cm³/mol. The first-order valence-electron chi connectivity index (χ1n) is 9.86. The van der Waals surface area contributed by atoms with Crippen molar-refractivity contribution in [3.63, 3.8) is 0 Å². The van der Waals surface area contributed by atoms with E-state index in [1.54, 1.807) is 12.1 Å². The number of halogens is 1. The lowest BCUT2D eigenvalue weighted by Gasteiger charge is -2.40. The quantitative estimate of drug-likeness (QED) is 0.719. The SMILES string of the molecule is Fc1ccc(OC2CN(c3cc(NC4CCOCC4)cc(CC[SH2+])n3)C2)cc1. The first-order chi connectivity index (χ1) is 13.7. The maximum absolute atomic E-state index is 13.0. The van der Waals surface area contributed by atoms with Crippen molar-refractivity contribution >= 4 is 24.1 Å². The summed E-state index contributed by atoms with van der Waals surface area (Å²) in [6.45, 7) is 3.19. The number of aromatic nitrogens is 1. The third-order valence-corrected chi connectivity index (χ3v) is 5.38. The number of pyridine rings is 1. The first-order valence-corrected chi connectivity index (χ1v) is 10.6. The molecular weight excluding hydrogens is 377 g/mol. The fraction of sp³-hybridized carbons (Fsp3) is 0.476. The van der Waals surface area contributed by atoms with Crippen molar-refractivity contribution in [2.45, 2.75) is 31.4 Å². The van der Waals surface area contributed by atoms with Crippen LogP contribution in [0.2, 0.25) is 0 Å². The van der Waals surface area contributed by atoms with Crippen molar-refractivity contribution in [2.24, 2.45) is 0 Å². The molecule has 2 aliphatic heterocycles. The second-order valence-electron chi connectivity index (χ2n) is 7.34. The first kappa shape index (κ1) is 19.3. The van der Waals surface area contributed by atoms with E-state index in [1.807, 2.05) is 0 Å². The summed E-state index contributed by atoms with van der Waals surface area (Å²) in [5.41, 5.74) is 2.19. The number of nitrogens with zero attached hydrogens (tertiary/aromatic N) is 2. The van der Waals surface area contributed by atoms with E-state index in [-0.39, 0.29) is 11.9 Å². The molecule has 0 saturated carbocycles. The molecule has 4 rings (SSSR count). The lowest BCUT2D eigenvalue weighted by atomic mass is 10.1. The van der Waals surface area contributed by atoms with Gasteiger partial charge < -0.3 is 19.7 Å². The zero-order valence-electron chi connectivity index (χ0n) is 15.9. The van der Waals surface area contributed by atoms with Gasteiger partial charge >= 0.3 is 0 Å². The van der Waals surface area contributed by atoms with Gasteiger partial charge in [0.05, 0.1) is 13.1 Å². The molecule has 2 saturated heterocycles. The Hall–Kier alpha value is -1.99. The van der Waals surface area contributed by atoms with Crippen LogP contribution in [0.5, 0.6) is 5.75 Å². The van der Waals surface area contributed by atoms with Gasteiger partial charge in [0.2, 0.25) is 0 Å². The number of ether oxygens (including phenoxy) is 2. The van der Waals surface area contributed by atoms with E-state index in [9.17, 15) is 4.39 Å². The summed E-state index contributed by atoms with van der Waals surface area (Å²) in [5, 5.41) is 3.65. The summed E-state index contributed by atoms with van der Waals surface area (Å²) in [7, 11) is 0. The number of benzene rings is 1. The van der Waals surface area contributed by atoms with E-state index in [0.29, 0.717) is 11.8 Å². The van der Waals surface area contributed by atoms with E-state index < -0.39 is 0 Å². The Morgan fingerprint density at radius 2 is 1.93 bits per heavy atom. The van der Waals surface area contributed by atoms with Gasteiger partial charge in [-0.25, -0.2) is 9.37 Å². The van der Waals surface area contributed by atoms with Crippen molar-refractivity contribution in [3.05, 3.63) is 47.9 Å². The van der Waals surface area contributed by atoms with Gasteiger partial charge in [0.25, 0.3) is 0 Å². The zero-order valence-corrected chi connectivity index (χ0v) is 16.9. The molecule has 1 aromatic carbocycles. The molecule has 0 atom stereocenters. The summed E-state index contributed by atoms with van der Waals surface area (Å²) in [5.74, 6) is 2.31. The average molecular weight is 405 g/mol. The van der Waals surface area contributed by atoms with Gasteiger partial charge in [0.15, 0.2) is 0 Å². The monoisotopic (exact) mass is 404 g/mol. The Morgan fingerprint density at radius 3 is 2.64 bits per heavy atom. The molecule has 0 bridgehead atoms. The highest BCUT2D eigenvalue weighted by Gasteiger charge is 2.30. The van der Waals surface area contributed by atoms with Gasteiger partial charge in [-0.2, -0.15) is 0 Å². The van der Waals surface area contributed by atoms with Crippen molar-refractivity contribution in [2.75, 3.05) is 42.3 Å². The van der Waals surface area contributed by atoms with Gasteiger partial charge in [0.1, 0.15) is 29.2 Å². The predicted octanol–water partition coefficient (Wildman–Crippen LogP) is 2.63. The largest absolute Gasteiger partial charge is 0.487 e. The van der Waals surface area contributed by atoms with E-state index in [0.717, 1.165) is 68.5 Å².